The van der Waals surface area contributed by atoms with Gasteiger partial charge in [-0.1, -0.05) is 55.5 Å². The largest absolute Gasteiger partial charge is 0.392 e. The van der Waals surface area contributed by atoms with Crippen molar-refractivity contribution < 1.29 is 24.2 Å². The van der Waals surface area contributed by atoms with E-state index in [0.29, 0.717) is 22.9 Å². The SMILES string of the molecule is C[C@@H]1[C@H](CN2CCC[C@H]2CN2CCCC2)O[C@H](c2cccc(N3C(=O)c4ccccc4C3=O)c2)O[C@@H]1c1ccc(CO)cc1. The second-order valence-corrected chi connectivity index (χ2v) is 12.7. The Balaban J connectivity index is 1.16. The van der Waals surface area contributed by atoms with Crippen LogP contribution in [-0.2, 0) is 16.1 Å². The zero-order valence-electron chi connectivity index (χ0n) is 25.3. The molecule has 7 rings (SSSR count). The Kier molecular flexibility index (Phi) is 8.35. The summed E-state index contributed by atoms with van der Waals surface area (Å²) in [4.78, 5) is 33.0. The van der Waals surface area contributed by atoms with Gasteiger partial charge in [-0.25, -0.2) is 4.90 Å². The van der Waals surface area contributed by atoms with Crippen molar-refractivity contribution in [2.45, 2.75) is 63.8 Å². The van der Waals surface area contributed by atoms with E-state index in [1.54, 1.807) is 30.3 Å². The fourth-order valence-electron chi connectivity index (χ4n) is 7.40. The predicted octanol–water partition coefficient (Wildman–Crippen LogP) is 5.33. The van der Waals surface area contributed by atoms with Crippen LogP contribution in [0, 0.1) is 5.92 Å². The second-order valence-electron chi connectivity index (χ2n) is 12.7. The van der Waals surface area contributed by atoms with E-state index < -0.39 is 6.29 Å². The molecule has 4 heterocycles. The maximum atomic E-state index is 13.2. The molecule has 0 spiro atoms. The van der Waals surface area contributed by atoms with Gasteiger partial charge in [-0.3, -0.25) is 14.5 Å². The van der Waals surface area contributed by atoms with Crippen molar-refractivity contribution in [3.05, 3.63) is 101 Å². The molecular weight excluding hydrogens is 554 g/mol. The third-order valence-corrected chi connectivity index (χ3v) is 9.90. The first-order valence-electron chi connectivity index (χ1n) is 16.0. The molecule has 8 heteroatoms. The quantitative estimate of drug-likeness (QED) is 0.353. The fraction of sp³-hybridized carbons (Fsp3) is 0.444. The summed E-state index contributed by atoms with van der Waals surface area (Å²) < 4.78 is 13.5. The molecule has 0 aliphatic carbocycles. The van der Waals surface area contributed by atoms with E-state index in [-0.39, 0.29) is 36.5 Å². The van der Waals surface area contributed by atoms with Crippen LogP contribution in [0.4, 0.5) is 5.69 Å². The normalized spacial score (nSPS) is 27.8. The highest BCUT2D eigenvalue weighted by molar-refractivity contribution is 6.34. The van der Waals surface area contributed by atoms with Crippen LogP contribution in [0.1, 0.15) is 82.4 Å². The van der Waals surface area contributed by atoms with Crippen LogP contribution in [-0.4, -0.2) is 71.6 Å². The van der Waals surface area contributed by atoms with Gasteiger partial charge in [0.1, 0.15) is 0 Å². The molecule has 4 aliphatic heterocycles. The van der Waals surface area contributed by atoms with Crippen LogP contribution in [0.15, 0.2) is 72.8 Å². The zero-order valence-corrected chi connectivity index (χ0v) is 25.3. The first-order valence-corrected chi connectivity index (χ1v) is 16.0. The van der Waals surface area contributed by atoms with Gasteiger partial charge in [-0.15, -0.1) is 0 Å². The van der Waals surface area contributed by atoms with Crippen LogP contribution < -0.4 is 4.90 Å². The maximum absolute atomic E-state index is 13.2. The number of aliphatic hydroxyl groups excluding tert-OH is 1. The number of rotatable bonds is 8. The number of aliphatic hydroxyl groups is 1. The van der Waals surface area contributed by atoms with E-state index in [1.807, 2.05) is 42.5 Å². The number of benzene rings is 3. The summed E-state index contributed by atoms with van der Waals surface area (Å²) >= 11 is 0. The molecule has 0 saturated carbocycles. The standard InChI is InChI=1S/C36H41N3O5/c1-24-32(22-38-19-7-10-29(38)21-37-17-4-5-18-37)43-36(44-33(24)26-15-13-25(23-40)14-16-26)27-8-6-9-28(20-27)39-34(41)30-11-2-3-12-31(30)35(39)42/h2-3,6,8-9,11-16,20,24,29,32-33,36,40H,4-5,7,10,17-19,21-23H2,1H3/t24-,29+,32+,33+,36+/m1/s1. The van der Waals surface area contributed by atoms with Gasteiger partial charge < -0.3 is 19.5 Å². The Morgan fingerprint density at radius 3 is 2.23 bits per heavy atom. The summed E-state index contributed by atoms with van der Waals surface area (Å²) in [6, 6.07) is 22.9. The van der Waals surface area contributed by atoms with E-state index in [4.69, 9.17) is 9.47 Å². The van der Waals surface area contributed by atoms with Crippen molar-refractivity contribution in [3.8, 4) is 0 Å². The molecule has 3 aromatic carbocycles. The number of amides is 2. The molecule has 1 N–H and O–H groups in total. The summed E-state index contributed by atoms with van der Waals surface area (Å²) in [6.45, 7) is 7.61. The molecule has 4 aliphatic rings. The fourth-order valence-corrected chi connectivity index (χ4v) is 7.40. The summed E-state index contributed by atoms with van der Waals surface area (Å²) in [5.41, 5.74) is 4.01. The zero-order chi connectivity index (χ0) is 30.2. The minimum Gasteiger partial charge on any atom is -0.392 e. The van der Waals surface area contributed by atoms with Crippen molar-refractivity contribution >= 4 is 17.5 Å². The number of hydrogen-bond donors (Lipinski definition) is 1. The molecule has 5 atom stereocenters. The summed E-state index contributed by atoms with van der Waals surface area (Å²) in [5.74, 6) is -0.557. The third-order valence-electron chi connectivity index (χ3n) is 9.90. The Labute approximate surface area is 259 Å². The van der Waals surface area contributed by atoms with Gasteiger partial charge in [0.25, 0.3) is 11.8 Å². The first kappa shape index (κ1) is 29.3. The highest BCUT2D eigenvalue weighted by Gasteiger charge is 2.42. The van der Waals surface area contributed by atoms with Crippen molar-refractivity contribution in [2.24, 2.45) is 5.92 Å². The molecule has 44 heavy (non-hydrogen) atoms. The van der Waals surface area contributed by atoms with Crippen LogP contribution in [0.2, 0.25) is 0 Å². The van der Waals surface area contributed by atoms with Crippen molar-refractivity contribution in [3.63, 3.8) is 0 Å². The Hall–Kier alpha value is -3.40. The average molecular weight is 596 g/mol. The molecule has 3 fully saturated rings. The number of nitrogens with zero attached hydrogens (tertiary/aromatic N) is 3. The van der Waals surface area contributed by atoms with E-state index in [9.17, 15) is 14.7 Å². The summed E-state index contributed by atoms with van der Waals surface area (Å²) in [5, 5.41) is 9.61. The van der Waals surface area contributed by atoms with Gasteiger partial charge in [0.05, 0.1) is 35.6 Å². The highest BCUT2D eigenvalue weighted by atomic mass is 16.7. The smallest absolute Gasteiger partial charge is 0.266 e. The lowest BCUT2D eigenvalue weighted by Gasteiger charge is -2.43. The second kappa shape index (κ2) is 12.5. The van der Waals surface area contributed by atoms with E-state index in [2.05, 4.69) is 16.7 Å². The van der Waals surface area contributed by atoms with Crippen molar-refractivity contribution in [2.75, 3.05) is 37.6 Å². The molecule has 2 amide bonds. The lowest BCUT2D eigenvalue weighted by atomic mass is 9.90. The molecule has 3 saturated heterocycles. The van der Waals surface area contributed by atoms with Gasteiger partial charge in [-0.2, -0.15) is 0 Å². The highest BCUT2D eigenvalue weighted by Crippen LogP contribution is 2.43. The minimum absolute atomic E-state index is 0.00626. The van der Waals surface area contributed by atoms with Gasteiger partial charge in [0, 0.05) is 30.6 Å². The lowest BCUT2D eigenvalue weighted by Crippen LogP contribution is -2.48. The molecule has 0 aromatic heterocycles. The van der Waals surface area contributed by atoms with Crippen molar-refractivity contribution in [1.82, 2.24) is 9.80 Å². The number of hydrogen-bond acceptors (Lipinski definition) is 7. The Morgan fingerprint density at radius 1 is 0.795 bits per heavy atom. The van der Waals surface area contributed by atoms with Crippen molar-refractivity contribution in [1.29, 1.82) is 0 Å². The number of fused-ring (bicyclic) bond motifs is 1. The summed E-state index contributed by atoms with van der Waals surface area (Å²) in [6.07, 6.45) is 4.02. The van der Waals surface area contributed by atoms with Gasteiger partial charge in [0.2, 0.25) is 0 Å². The molecule has 8 nitrogen and oxygen atoms in total. The number of carbonyl (C=O) groups excluding carboxylic acids is 2. The Morgan fingerprint density at radius 2 is 1.52 bits per heavy atom. The third kappa shape index (κ3) is 5.61. The van der Waals surface area contributed by atoms with E-state index in [1.165, 1.54) is 43.7 Å². The average Bonchev–Trinajstić information content (AvgIpc) is 3.79. The molecule has 0 bridgehead atoms. The molecule has 0 unspecified atom stereocenters. The number of carbonyl (C=O) groups is 2. The minimum atomic E-state index is -0.673. The predicted molar refractivity (Wildman–Crippen MR) is 167 cm³/mol. The lowest BCUT2D eigenvalue weighted by molar-refractivity contribution is -0.276. The number of imide groups is 1. The molecular formula is C36H41N3O5. The van der Waals surface area contributed by atoms with Crippen LogP contribution in [0.5, 0.6) is 0 Å². The number of anilines is 1. The molecule has 0 radical (unpaired) electrons. The molecule has 230 valence electrons. The van der Waals surface area contributed by atoms with Gasteiger partial charge in [-0.05, 0) is 80.7 Å². The monoisotopic (exact) mass is 595 g/mol. The first-order chi connectivity index (χ1) is 21.5. The van der Waals surface area contributed by atoms with E-state index in [0.717, 1.165) is 36.3 Å². The molecule has 3 aromatic rings. The number of ether oxygens (including phenoxy) is 2. The topological polar surface area (TPSA) is 82.6 Å². The van der Waals surface area contributed by atoms with Gasteiger partial charge in [0.15, 0.2) is 6.29 Å². The van der Waals surface area contributed by atoms with Crippen LogP contribution in [0.25, 0.3) is 0 Å². The number of likely N-dealkylation sites (tertiary alicyclic amines) is 2. The maximum Gasteiger partial charge on any atom is 0.266 e. The van der Waals surface area contributed by atoms with Crippen LogP contribution >= 0.6 is 0 Å². The van der Waals surface area contributed by atoms with E-state index >= 15 is 0 Å². The Bertz CT molecular complexity index is 1470. The summed E-state index contributed by atoms with van der Waals surface area (Å²) in [7, 11) is 0. The van der Waals surface area contributed by atoms with Gasteiger partial charge >= 0.3 is 0 Å². The van der Waals surface area contributed by atoms with Crippen LogP contribution in [0.3, 0.4) is 0 Å².